The van der Waals surface area contributed by atoms with Gasteiger partial charge < -0.3 is 29.1 Å². The first-order valence-electron chi connectivity index (χ1n) is 21.9. The highest BCUT2D eigenvalue weighted by atomic mass is 32.2. The molecular formula is C45H52N4O15S3-2. The van der Waals surface area contributed by atoms with Crippen LogP contribution in [0.5, 0.6) is 11.5 Å². The topological polar surface area (TPSA) is 286 Å². The van der Waals surface area contributed by atoms with E-state index in [2.05, 4.69) is 5.32 Å². The number of carbonyl (C=O) groups is 4. The summed E-state index contributed by atoms with van der Waals surface area (Å²) in [6.45, 7) is 10.2. The lowest BCUT2D eigenvalue weighted by atomic mass is 9.79. The molecule has 3 aromatic rings. The van der Waals surface area contributed by atoms with Gasteiger partial charge in [0.2, 0.25) is 10.0 Å². The molecule has 7 rings (SSSR count). The molecule has 67 heavy (non-hydrogen) atoms. The molecule has 19 nitrogen and oxygen atoms in total. The fourth-order valence-corrected chi connectivity index (χ4v) is 12.8. The number of unbranched alkanes of at least 4 members (excludes halogenated alkanes) is 2. The quantitative estimate of drug-likeness (QED) is 0.0897. The van der Waals surface area contributed by atoms with Gasteiger partial charge in [-0.3, -0.25) is 14.6 Å². The predicted octanol–water partition coefficient (Wildman–Crippen LogP) is 4.34. The molecule has 1 fully saturated rings. The first-order chi connectivity index (χ1) is 31.1. The Morgan fingerprint density at radius 2 is 1.51 bits per heavy atom. The van der Waals surface area contributed by atoms with Crippen LogP contribution in [0.2, 0.25) is 0 Å². The van der Waals surface area contributed by atoms with Crippen molar-refractivity contribution in [1.82, 2.24) is 9.37 Å². The third-order valence-electron chi connectivity index (χ3n) is 12.4. The third kappa shape index (κ3) is 10.1. The molecule has 3 aromatic carbocycles. The van der Waals surface area contributed by atoms with Gasteiger partial charge in [-0.15, -0.1) is 5.06 Å². The standard InChI is InChI=1S/C45H54N4O15S3/c1-25-23-44(3,4)46-37-29(25)21-31-36(27-13-9-10-14-28(27)43(53)54)32-22-30-26(2)24-45(5,6)47-38(30)42(67(60,61)62)40(32)63-39(31)41(37)66(58,59)48(19-12-20-65(55,56)57)18-11-7-8-15-35(52)64-49-33(50)16-17-34(49)51/h9-10,13-14,21-22,25-26,46H,7-8,11-12,15-20,23-24H2,1-6H3,(H,53,54)(H,55,56,57)(H,60,61,62)/p-2. The summed E-state index contributed by atoms with van der Waals surface area (Å²) >= 11 is 0. The SMILES string of the molecule is CC1CC(C)(C)Nc2c1cc1c(c2S(=O)(=O)N(CCCCCC(=O)ON2C(=O)CCC2=O)CCCS(=O)(=O)[O-])Oc2c(S(=O)(=O)[O-])c3c(cc2=C1c1ccccc1C(=O)O)C(C)CC(C)(C)N=3. The molecule has 4 aliphatic heterocycles. The van der Waals surface area contributed by atoms with E-state index in [9.17, 15) is 50.2 Å². The fourth-order valence-electron chi connectivity index (χ4n) is 9.71. The van der Waals surface area contributed by atoms with Crippen molar-refractivity contribution in [3.63, 3.8) is 0 Å². The number of aromatic carboxylic acids is 1. The van der Waals surface area contributed by atoms with E-state index in [0.717, 1.165) is 4.31 Å². The number of ether oxygens (including phenoxy) is 1. The number of carboxylic acid groups (broad SMARTS) is 1. The molecule has 0 bridgehead atoms. The average Bonchev–Trinajstić information content (AvgIpc) is 3.51. The van der Waals surface area contributed by atoms with E-state index >= 15 is 8.42 Å². The normalized spacial score (nSPS) is 19.7. The highest BCUT2D eigenvalue weighted by Crippen LogP contribution is 2.52. The zero-order valence-corrected chi connectivity index (χ0v) is 40.3. The van der Waals surface area contributed by atoms with Crippen LogP contribution in [-0.2, 0) is 49.5 Å². The van der Waals surface area contributed by atoms with Gasteiger partial charge in [0.25, 0.3) is 11.8 Å². The summed E-state index contributed by atoms with van der Waals surface area (Å²) in [6, 6.07) is 9.17. The van der Waals surface area contributed by atoms with Crippen LogP contribution in [-0.4, -0.2) is 103 Å². The van der Waals surface area contributed by atoms with Crippen molar-refractivity contribution in [1.29, 1.82) is 0 Å². The van der Waals surface area contributed by atoms with Gasteiger partial charge in [-0.05, 0) is 107 Å². The lowest BCUT2D eigenvalue weighted by Gasteiger charge is -2.40. The molecule has 2 unspecified atom stereocenters. The Morgan fingerprint density at radius 1 is 0.866 bits per heavy atom. The van der Waals surface area contributed by atoms with Gasteiger partial charge in [-0.1, -0.05) is 38.5 Å². The van der Waals surface area contributed by atoms with E-state index in [1.807, 2.05) is 27.7 Å². The Morgan fingerprint density at radius 3 is 2.15 bits per heavy atom. The second-order valence-corrected chi connectivity index (χ2v) is 23.6. The van der Waals surface area contributed by atoms with Crippen molar-refractivity contribution >= 4 is 65.3 Å². The van der Waals surface area contributed by atoms with E-state index in [1.54, 1.807) is 32.0 Å². The fraction of sp³-hybridized carbons (Fsp3) is 0.489. The molecule has 0 aromatic heterocycles. The van der Waals surface area contributed by atoms with Crippen molar-refractivity contribution in [2.75, 3.05) is 24.2 Å². The van der Waals surface area contributed by atoms with Gasteiger partial charge >= 0.3 is 11.9 Å². The number of hydrogen-bond acceptors (Lipinski definition) is 16. The van der Waals surface area contributed by atoms with Crippen LogP contribution in [0.4, 0.5) is 5.69 Å². The summed E-state index contributed by atoms with van der Waals surface area (Å²) < 4.78 is 115. The van der Waals surface area contributed by atoms with Crippen LogP contribution < -0.4 is 20.6 Å². The smallest absolute Gasteiger partial charge is 0.336 e. The van der Waals surface area contributed by atoms with Crippen molar-refractivity contribution in [3.05, 3.63) is 74.8 Å². The highest BCUT2D eigenvalue weighted by molar-refractivity contribution is 7.89. The molecule has 2 N–H and O–H groups in total. The van der Waals surface area contributed by atoms with E-state index < -0.39 is 105 Å². The lowest BCUT2D eigenvalue weighted by molar-refractivity contribution is -0.197. The molecule has 0 aliphatic carbocycles. The van der Waals surface area contributed by atoms with Gasteiger partial charge in [0.15, 0.2) is 11.5 Å². The molecule has 4 aliphatic rings. The summed E-state index contributed by atoms with van der Waals surface area (Å²) in [5, 5.41) is 14.2. The number of hydroxylamine groups is 2. The van der Waals surface area contributed by atoms with Crippen LogP contribution in [0.1, 0.15) is 144 Å². The summed E-state index contributed by atoms with van der Waals surface area (Å²) in [5.41, 5.74) is -0.705. The van der Waals surface area contributed by atoms with Crippen LogP contribution in [0.15, 0.2) is 51.2 Å². The van der Waals surface area contributed by atoms with Crippen molar-refractivity contribution in [2.45, 2.75) is 132 Å². The summed E-state index contributed by atoms with van der Waals surface area (Å²) in [6.07, 6.45) is 0.472. The first-order valence-corrected chi connectivity index (χ1v) is 26.3. The molecule has 2 amide bonds. The highest BCUT2D eigenvalue weighted by Gasteiger charge is 2.43. The molecule has 0 spiro atoms. The molecule has 2 atom stereocenters. The van der Waals surface area contributed by atoms with Crippen LogP contribution >= 0.6 is 0 Å². The number of benzene rings is 3. The Bertz CT molecular complexity index is 3060. The maximum atomic E-state index is 15.7. The van der Waals surface area contributed by atoms with Crippen LogP contribution in [0.3, 0.4) is 0 Å². The number of anilines is 1. The largest absolute Gasteiger partial charge is 0.748 e. The second kappa shape index (κ2) is 18.0. The number of imide groups is 1. The maximum Gasteiger partial charge on any atom is 0.336 e. The molecule has 362 valence electrons. The van der Waals surface area contributed by atoms with Crippen LogP contribution in [0.25, 0.3) is 5.57 Å². The number of fused-ring (bicyclic) bond motifs is 4. The van der Waals surface area contributed by atoms with Gasteiger partial charge in [0.05, 0.1) is 32.3 Å². The minimum atomic E-state index is -5.49. The summed E-state index contributed by atoms with van der Waals surface area (Å²) in [7, 11) is -15.3. The van der Waals surface area contributed by atoms with E-state index in [-0.39, 0.29) is 95.4 Å². The number of rotatable bonds is 16. The molecular weight excluding hydrogens is 933 g/mol. The van der Waals surface area contributed by atoms with Gasteiger partial charge in [-0.25, -0.2) is 34.8 Å². The Labute approximate surface area is 388 Å². The van der Waals surface area contributed by atoms with Crippen molar-refractivity contribution < 1.29 is 68.2 Å². The Hall–Kier alpha value is -5.26. The van der Waals surface area contributed by atoms with Crippen molar-refractivity contribution in [3.8, 4) is 11.5 Å². The third-order valence-corrected chi connectivity index (χ3v) is 16.0. The number of nitrogens with zero attached hydrogens (tertiary/aromatic N) is 3. The zero-order valence-electron chi connectivity index (χ0n) is 37.8. The number of carbonyl (C=O) groups excluding carboxylic acids is 3. The van der Waals surface area contributed by atoms with Crippen molar-refractivity contribution in [2.24, 2.45) is 4.99 Å². The number of nitrogens with one attached hydrogen (secondary N) is 1. The van der Waals surface area contributed by atoms with E-state index in [1.165, 1.54) is 18.2 Å². The van der Waals surface area contributed by atoms with Gasteiger partial charge in [0.1, 0.15) is 19.9 Å². The molecule has 22 heteroatoms. The van der Waals surface area contributed by atoms with E-state index in [4.69, 9.17) is 14.6 Å². The maximum absolute atomic E-state index is 15.7. The number of hydrogen-bond donors (Lipinski definition) is 2. The summed E-state index contributed by atoms with van der Waals surface area (Å²) in [4.78, 5) is 57.6. The molecule has 0 saturated carbocycles. The number of carboxylic acids is 1. The van der Waals surface area contributed by atoms with E-state index in [0.29, 0.717) is 29.0 Å². The molecule has 0 radical (unpaired) electrons. The van der Waals surface area contributed by atoms with Gasteiger partial charge in [-0.2, -0.15) is 4.31 Å². The minimum absolute atomic E-state index is 0.0191. The zero-order chi connectivity index (χ0) is 49.2. The number of sulfonamides is 1. The summed E-state index contributed by atoms with van der Waals surface area (Å²) in [5.74, 6) is -6.15. The predicted molar refractivity (Wildman–Crippen MR) is 238 cm³/mol. The molecule has 1 saturated heterocycles. The first kappa shape index (κ1) is 49.6. The average molecular weight is 985 g/mol. The monoisotopic (exact) mass is 984 g/mol. The lowest BCUT2D eigenvalue weighted by Crippen LogP contribution is -2.40. The van der Waals surface area contributed by atoms with Gasteiger partial charge in [0, 0.05) is 60.0 Å². The number of amides is 2. The second-order valence-electron chi connectivity index (χ2n) is 18.9. The minimum Gasteiger partial charge on any atom is -0.748 e. The Kier molecular flexibility index (Phi) is 13.3. The Balaban J connectivity index is 1.45. The van der Waals surface area contributed by atoms with Crippen LogP contribution in [0, 0.1) is 0 Å². The molecule has 4 heterocycles.